The van der Waals surface area contributed by atoms with Gasteiger partial charge < -0.3 is 53.6 Å². The van der Waals surface area contributed by atoms with E-state index in [2.05, 4.69) is 26.6 Å². The quantitative estimate of drug-likeness (QED) is 0.0771. The molecule has 1 saturated heterocycles. The van der Waals surface area contributed by atoms with Crippen LogP contribution in [0.3, 0.4) is 0 Å². The number of ether oxygens (including phenoxy) is 1. The summed E-state index contributed by atoms with van der Waals surface area (Å²) in [6, 6.07) is -0.00391. The highest BCUT2D eigenvalue weighted by Crippen LogP contribution is 2.21. The Bertz CT molecular complexity index is 1590. The Morgan fingerprint density at radius 2 is 1.57 bits per heavy atom. The van der Waals surface area contributed by atoms with E-state index in [1.807, 2.05) is 6.92 Å². The molecule has 1 aromatic rings. The molecule has 0 radical (unpaired) electrons. The monoisotopic (exact) mass is 787 g/mol. The second-order valence-corrected chi connectivity index (χ2v) is 14.8. The lowest BCUT2D eigenvalue weighted by atomic mass is 9.96. The van der Waals surface area contributed by atoms with Gasteiger partial charge in [0.25, 0.3) is 5.91 Å². The third-order valence-electron chi connectivity index (χ3n) is 10.1. The molecule has 0 aliphatic carbocycles. The van der Waals surface area contributed by atoms with Gasteiger partial charge in [-0.05, 0) is 61.8 Å². The van der Waals surface area contributed by atoms with E-state index in [9.17, 15) is 43.5 Å². The molecule has 2 bridgehead atoms. The number of carbonyl (C=O) groups is 8. The summed E-state index contributed by atoms with van der Waals surface area (Å²) in [5.41, 5.74) is 16.9. The van der Waals surface area contributed by atoms with Crippen molar-refractivity contribution >= 4 is 47.3 Å². The van der Waals surface area contributed by atoms with Gasteiger partial charge in [-0.2, -0.15) is 0 Å². The first-order chi connectivity index (χ1) is 26.4. The molecule has 4 rings (SSSR count). The topological polar surface area (TPSA) is 307 Å². The van der Waals surface area contributed by atoms with E-state index in [-0.39, 0.29) is 37.6 Å². The number of amides is 8. The van der Waals surface area contributed by atoms with Gasteiger partial charge in [-0.1, -0.05) is 46.2 Å². The Hall–Kier alpha value is -5.30. The van der Waals surface area contributed by atoms with Crippen LogP contribution in [0.15, 0.2) is 24.3 Å². The predicted molar refractivity (Wildman–Crippen MR) is 202 cm³/mol. The number of nitrogens with zero attached hydrogens (tertiary/aromatic N) is 1. The minimum atomic E-state index is -1.53. The second-order valence-electron chi connectivity index (χ2n) is 14.8. The molecule has 1 aromatic carbocycles. The van der Waals surface area contributed by atoms with Gasteiger partial charge in [0.15, 0.2) is 6.61 Å². The van der Waals surface area contributed by atoms with Crippen molar-refractivity contribution in [3.05, 3.63) is 29.8 Å². The average molecular weight is 788 g/mol. The van der Waals surface area contributed by atoms with Gasteiger partial charge >= 0.3 is 0 Å². The van der Waals surface area contributed by atoms with Gasteiger partial charge in [0.2, 0.25) is 41.4 Å². The molecule has 56 heavy (non-hydrogen) atoms. The Kier molecular flexibility index (Phi) is 17.0. The number of benzene rings is 1. The second kappa shape index (κ2) is 21.1. The Morgan fingerprint density at radius 1 is 0.911 bits per heavy atom. The van der Waals surface area contributed by atoms with Crippen molar-refractivity contribution in [1.29, 1.82) is 0 Å². The van der Waals surface area contributed by atoms with Crippen LogP contribution >= 0.6 is 0 Å². The molecule has 1 fully saturated rings. The van der Waals surface area contributed by atoms with Crippen molar-refractivity contribution in [3.63, 3.8) is 0 Å². The zero-order chi connectivity index (χ0) is 41.7. The largest absolute Gasteiger partial charge is 0.484 e. The lowest BCUT2D eigenvalue weighted by Crippen LogP contribution is -2.60. The van der Waals surface area contributed by atoms with Crippen LogP contribution in [0.5, 0.6) is 5.75 Å². The fourth-order valence-corrected chi connectivity index (χ4v) is 6.64. The van der Waals surface area contributed by atoms with E-state index < -0.39 is 103 Å². The molecule has 3 aliphatic rings. The number of aliphatic hydroxyl groups is 1. The number of aliphatic hydroxyl groups excluding tert-OH is 1. The fraction of sp³-hybridized carbons (Fsp3) is 0.622. The lowest BCUT2D eigenvalue weighted by molar-refractivity contribution is -0.135. The number of likely N-dealkylation sites (tertiary alicyclic amines) is 1. The Balaban J connectivity index is 1.87. The van der Waals surface area contributed by atoms with Gasteiger partial charge in [0, 0.05) is 13.0 Å². The predicted octanol–water partition coefficient (Wildman–Crippen LogP) is -2.80. The van der Waals surface area contributed by atoms with Crippen LogP contribution in [-0.2, 0) is 44.8 Å². The number of carbonyl (C=O) groups excluding carboxylic acids is 8. The van der Waals surface area contributed by atoms with Crippen molar-refractivity contribution in [1.82, 2.24) is 31.5 Å². The summed E-state index contributed by atoms with van der Waals surface area (Å²) >= 11 is 0. The molecule has 3 heterocycles. The van der Waals surface area contributed by atoms with Crippen molar-refractivity contribution < 1.29 is 48.2 Å². The maximum atomic E-state index is 13.8. The maximum absolute atomic E-state index is 13.8. The zero-order valence-electron chi connectivity index (χ0n) is 32.4. The maximum Gasteiger partial charge on any atom is 0.258 e. The van der Waals surface area contributed by atoms with Crippen molar-refractivity contribution in [2.24, 2.45) is 29.0 Å². The van der Waals surface area contributed by atoms with Crippen molar-refractivity contribution in [2.75, 3.05) is 19.7 Å². The number of primary amides is 3. The summed E-state index contributed by atoms with van der Waals surface area (Å²) in [5.74, 6) is -6.05. The van der Waals surface area contributed by atoms with E-state index >= 15 is 0 Å². The lowest BCUT2D eigenvalue weighted by Gasteiger charge is -2.33. The summed E-state index contributed by atoms with van der Waals surface area (Å²) in [5, 5.41) is 24.9. The summed E-state index contributed by atoms with van der Waals surface area (Å²) in [7, 11) is 0. The first-order valence-corrected chi connectivity index (χ1v) is 18.9. The molecule has 0 saturated carbocycles. The molecule has 310 valence electrons. The molecule has 3 unspecified atom stereocenters. The normalized spacial score (nSPS) is 23.1. The van der Waals surface area contributed by atoms with Gasteiger partial charge in [-0.15, -0.1) is 0 Å². The first kappa shape index (κ1) is 45.1. The molecule has 19 nitrogen and oxygen atoms in total. The zero-order valence-corrected chi connectivity index (χ0v) is 32.4. The minimum Gasteiger partial charge on any atom is -0.484 e. The number of nitrogens with one attached hydrogen (secondary N) is 5. The van der Waals surface area contributed by atoms with Crippen molar-refractivity contribution in [3.8, 4) is 5.75 Å². The highest BCUT2D eigenvalue weighted by molar-refractivity contribution is 5.95. The third-order valence-corrected chi connectivity index (χ3v) is 10.1. The standard InChI is InChI=1S/C37H57N9O10/c1-5-20(4)32(37(55)44-31(19(2)3)33(40)51)45-36(54)26-7-6-14-46(26)17-27(47)24-15-21-8-10-22(11-9-21)56-18-30(50)41-23(12-13-28(38)48)34(52)43-25(16-29(39)49)35(53)42-24/h8-11,19-20,23-27,31-32,47H,5-7,12-18H2,1-4H3,(H2,38,48)(H2,39,49)(H2,40,51)(H,41,50)(H,42,53)(H,43,52)(H,44,55)(H,45,54)/t20?,23-,24+,25+,26+,27?,31+,32?/m1/s1. The van der Waals surface area contributed by atoms with Gasteiger partial charge in [-0.3, -0.25) is 43.3 Å². The van der Waals surface area contributed by atoms with Crippen LogP contribution in [0.25, 0.3) is 0 Å². The minimum absolute atomic E-state index is 0.0595. The SMILES string of the molecule is CCC(C)C(NC(=O)[C@@H]1CCCN1CC(O)[C@@H]1Cc2ccc(cc2)OCC(=O)N[C@H](CCC(N)=O)C(=O)N[C@@H](CC(N)=O)C(=O)N1)C(=O)N[C@H](C(N)=O)C(C)C. The fourth-order valence-electron chi connectivity index (χ4n) is 6.64. The van der Waals surface area contributed by atoms with Gasteiger partial charge in [0.1, 0.15) is 29.9 Å². The number of rotatable bonds is 16. The van der Waals surface area contributed by atoms with Crippen LogP contribution in [0.4, 0.5) is 0 Å². The van der Waals surface area contributed by atoms with E-state index in [0.29, 0.717) is 37.1 Å². The number of hydrogen-bond donors (Lipinski definition) is 9. The Labute approximate surface area is 325 Å². The van der Waals surface area contributed by atoms with Crippen LogP contribution in [0.1, 0.15) is 71.8 Å². The molecular formula is C37H57N9O10. The van der Waals surface area contributed by atoms with E-state index in [1.54, 1.807) is 49.9 Å². The summed E-state index contributed by atoms with van der Waals surface area (Å²) in [6.07, 6.45) is -0.810. The van der Waals surface area contributed by atoms with Crippen LogP contribution in [-0.4, -0.2) is 119 Å². The number of β-amino-alcohol motifs (C(OH)–C–C–N with tert-alkyl or cyclic N) is 1. The number of nitrogens with two attached hydrogens (primary N) is 3. The van der Waals surface area contributed by atoms with Gasteiger partial charge in [-0.25, -0.2) is 0 Å². The summed E-state index contributed by atoms with van der Waals surface area (Å²) in [6.45, 7) is 7.00. The number of hydrogen-bond acceptors (Lipinski definition) is 11. The van der Waals surface area contributed by atoms with Crippen LogP contribution in [0.2, 0.25) is 0 Å². The Morgan fingerprint density at radius 3 is 2.16 bits per heavy atom. The number of fused-ring (bicyclic) bond motifs is 13. The van der Waals surface area contributed by atoms with Crippen LogP contribution in [0, 0.1) is 11.8 Å². The van der Waals surface area contributed by atoms with Crippen LogP contribution < -0.4 is 48.5 Å². The third kappa shape index (κ3) is 13.5. The van der Waals surface area contributed by atoms with Crippen molar-refractivity contribution in [2.45, 2.75) is 115 Å². The molecule has 8 amide bonds. The molecule has 12 N–H and O–H groups in total. The summed E-state index contributed by atoms with van der Waals surface area (Å²) < 4.78 is 5.57. The highest BCUT2D eigenvalue weighted by Gasteiger charge is 2.38. The highest BCUT2D eigenvalue weighted by atomic mass is 16.5. The van der Waals surface area contributed by atoms with E-state index in [4.69, 9.17) is 21.9 Å². The molecule has 3 aliphatic heterocycles. The first-order valence-electron chi connectivity index (χ1n) is 18.9. The molecule has 0 spiro atoms. The van der Waals surface area contributed by atoms with Gasteiger partial charge in [0.05, 0.1) is 24.6 Å². The van der Waals surface area contributed by atoms with E-state index in [0.717, 1.165) is 0 Å². The molecule has 0 aromatic heterocycles. The molecular weight excluding hydrogens is 730 g/mol. The molecule has 19 heteroatoms. The van der Waals surface area contributed by atoms with E-state index in [1.165, 1.54) is 0 Å². The molecule has 8 atom stereocenters. The summed E-state index contributed by atoms with van der Waals surface area (Å²) in [4.78, 5) is 104. The smallest absolute Gasteiger partial charge is 0.258 e. The average Bonchev–Trinajstić information content (AvgIpc) is 3.60.